The number of aromatic nitrogens is 3. The van der Waals surface area contributed by atoms with Gasteiger partial charge in [-0.05, 0) is 24.3 Å². The number of fused-ring (bicyclic) bond motifs is 1. The van der Waals surface area contributed by atoms with Crippen LogP contribution in [0.1, 0.15) is 16.1 Å². The molecule has 0 saturated heterocycles. The van der Waals surface area contributed by atoms with Crippen LogP contribution in [0.4, 0.5) is 0 Å². The first kappa shape index (κ1) is 15.8. The molecular weight excluding hydrogens is 334 g/mol. The molecule has 128 valence electrons. The standard InChI is InChI=1S/C19H13N3O4/c23-18(13-6-2-1-3-7-13)25-12-15-11-22(21-20-15)16-10-14-8-4-5-9-17(14)26-19(16)24/h1-11H,12H2. The first-order valence-corrected chi connectivity index (χ1v) is 7.87. The molecule has 0 radical (unpaired) electrons. The number of benzene rings is 2. The lowest BCUT2D eigenvalue weighted by Gasteiger charge is -2.02. The third kappa shape index (κ3) is 3.10. The molecule has 0 spiro atoms. The second-order valence-corrected chi connectivity index (χ2v) is 5.55. The Bertz CT molecular complexity index is 1130. The lowest BCUT2D eigenvalue weighted by molar-refractivity contribution is 0.0467. The van der Waals surface area contributed by atoms with Crippen LogP contribution in [0.2, 0.25) is 0 Å². The van der Waals surface area contributed by atoms with Crippen LogP contribution in [-0.2, 0) is 11.3 Å². The van der Waals surface area contributed by atoms with E-state index in [1.807, 2.05) is 18.2 Å². The van der Waals surface area contributed by atoms with Gasteiger partial charge in [-0.1, -0.05) is 41.6 Å². The Kier molecular flexibility index (Phi) is 4.03. The van der Waals surface area contributed by atoms with Crippen LogP contribution in [0.5, 0.6) is 0 Å². The lowest BCUT2D eigenvalue weighted by atomic mass is 10.2. The van der Waals surface area contributed by atoms with Crippen molar-refractivity contribution in [1.82, 2.24) is 15.0 Å². The van der Waals surface area contributed by atoms with E-state index in [9.17, 15) is 9.59 Å². The van der Waals surface area contributed by atoms with Crippen molar-refractivity contribution in [3.05, 3.63) is 88.5 Å². The first-order valence-electron chi connectivity index (χ1n) is 7.87. The fourth-order valence-corrected chi connectivity index (χ4v) is 2.49. The Labute approximate surface area is 147 Å². The van der Waals surface area contributed by atoms with E-state index in [0.29, 0.717) is 16.8 Å². The van der Waals surface area contributed by atoms with Crippen molar-refractivity contribution in [1.29, 1.82) is 0 Å². The predicted molar refractivity (Wildman–Crippen MR) is 93.0 cm³/mol. The van der Waals surface area contributed by atoms with E-state index in [1.165, 1.54) is 10.9 Å². The van der Waals surface area contributed by atoms with Crippen molar-refractivity contribution in [2.45, 2.75) is 6.61 Å². The summed E-state index contributed by atoms with van der Waals surface area (Å²) < 4.78 is 11.8. The Balaban J connectivity index is 1.54. The molecule has 0 fully saturated rings. The summed E-state index contributed by atoms with van der Waals surface area (Å²) in [5.74, 6) is -0.453. The molecule has 0 amide bonds. The summed E-state index contributed by atoms with van der Waals surface area (Å²) in [7, 11) is 0. The van der Waals surface area contributed by atoms with Gasteiger partial charge in [0, 0.05) is 5.39 Å². The van der Waals surface area contributed by atoms with Crippen molar-refractivity contribution >= 4 is 16.9 Å². The van der Waals surface area contributed by atoms with Gasteiger partial charge in [0.15, 0.2) is 5.69 Å². The summed E-state index contributed by atoms with van der Waals surface area (Å²) in [6.07, 6.45) is 1.53. The molecule has 26 heavy (non-hydrogen) atoms. The van der Waals surface area contributed by atoms with Crippen LogP contribution in [-0.4, -0.2) is 21.0 Å². The van der Waals surface area contributed by atoms with E-state index < -0.39 is 11.6 Å². The molecule has 4 rings (SSSR count). The zero-order valence-corrected chi connectivity index (χ0v) is 13.5. The van der Waals surface area contributed by atoms with Gasteiger partial charge in [-0.3, -0.25) is 0 Å². The highest BCUT2D eigenvalue weighted by atomic mass is 16.5. The molecule has 0 unspecified atom stereocenters. The third-order valence-electron chi connectivity index (χ3n) is 3.77. The molecule has 0 bridgehead atoms. The molecule has 2 aromatic carbocycles. The molecular formula is C19H13N3O4. The van der Waals surface area contributed by atoms with Crippen LogP contribution in [0.15, 0.2) is 76.1 Å². The quantitative estimate of drug-likeness (QED) is 0.417. The molecule has 0 saturated carbocycles. The SMILES string of the molecule is O=C(OCc1cn(-c2cc3ccccc3oc2=O)nn1)c1ccccc1. The summed E-state index contributed by atoms with van der Waals surface area (Å²) in [6.45, 7) is -0.0490. The van der Waals surface area contributed by atoms with E-state index in [0.717, 1.165) is 5.39 Å². The summed E-state index contributed by atoms with van der Waals surface area (Å²) in [6, 6.07) is 17.5. The molecule has 7 heteroatoms. The average molecular weight is 347 g/mol. The minimum Gasteiger partial charge on any atom is -0.455 e. The minimum absolute atomic E-state index is 0.0490. The maximum atomic E-state index is 12.2. The Morgan fingerprint density at radius 1 is 1.08 bits per heavy atom. The van der Waals surface area contributed by atoms with E-state index in [1.54, 1.807) is 42.5 Å². The number of rotatable bonds is 4. The molecule has 7 nitrogen and oxygen atoms in total. The van der Waals surface area contributed by atoms with Gasteiger partial charge in [0.1, 0.15) is 17.9 Å². The van der Waals surface area contributed by atoms with Crippen LogP contribution in [0.3, 0.4) is 0 Å². The molecule has 0 aliphatic carbocycles. The molecule has 0 N–H and O–H groups in total. The minimum atomic E-state index is -0.526. The summed E-state index contributed by atoms with van der Waals surface area (Å²) in [5.41, 5.74) is 1.08. The number of nitrogens with zero attached hydrogens (tertiary/aromatic N) is 3. The fourth-order valence-electron chi connectivity index (χ4n) is 2.49. The number of esters is 1. The van der Waals surface area contributed by atoms with Gasteiger partial charge in [0.25, 0.3) is 0 Å². The van der Waals surface area contributed by atoms with Gasteiger partial charge in [0.05, 0.1) is 11.8 Å². The largest absolute Gasteiger partial charge is 0.455 e. The van der Waals surface area contributed by atoms with Gasteiger partial charge < -0.3 is 9.15 Å². The molecule has 0 aliphatic rings. The van der Waals surface area contributed by atoms with Crippen molar-refractivity contribution in [3.63, 3.8) is 0 Å². The zero-order chi connectivity index (χ0) is 17.9. The highest BCUT2D eigenvalue weighted by Gasteiger charge is 2.12. The second kappa shape index (κ2) is 6.64. The number of carbonyl (C=O) groups is 1. The lowest BCUT2D eigenvalue weighted by Crippen LogP contribution is -2.10. The van der Waals surface area contributed by atoms with Gasteiger partial charge in [-0.25, -0.2) is 14.3 Å². The Morgan fingerprint density at radius 3 is 2.69 bits per heavy atom. The predicted octanol–water partition coefficient (Wildman–Crippen LogP) is 2.73. The van der Waals surface area contributed by atoms with E-state index in [-0.39, 0.29) is 12.3 Å². The van der Waals surface area contributed by atoms with Crippen molar-refractivity contribution in [2.75, 3.05) is 0 Å². The molecule has 0 aliphatic heterocycles. The number of hydrogen-bond acceptors (Lipinski definition) is 6. The summed E-state index contributed by atoms with van der Waals surface area (Å²) in [4.78, 5) is 24.1. The molecule has 2 aromatic heterocycles. The highest BCUT2D eigenvalue weighted by molar-refractivity contribution is 5.89. The molecule has 2 heterocycles. The smallest absolute Gasteiger partial charge is 0.362 e. The topological polar surface area (TPSA) is 87.2 Å². The van der Waals surface area contributed by atoms with E-state index in [4.69, 9.17) is 9.15 Å². The number of para-hydroxylation sites is 1. The van der Waals surface area contributed by atoms with Crippen LogP contribution in [0, 0.1) is 0 Å². The summed E-state index contributed by atoms with van der Waals surface area (Å²) >= 11 is 0. The summed E-state index contributed by atoms with van der Waals surface area (Å²) in [5, 5.41) is 8.63. The highest BCUT2D eigenvalue weighted by Crippen LogP contribution is 2.14. The van der Waals surface area contributed by atoms with Crippen LogP contribution in [0.25, 0.3) is 16.7 Å². The molecule has 0 atom stereocenters. The zero-order valence-electron chi connectivity index (χ0n) is 13.5. The van der Waals surface area contributed by atoms with Gasteiger partial charge >= 0.3 is 11.6 Å². The van der Waals surface area contributed by atoms with Gasteiger partial charge in [-0.2, -0.15) is 0 Å². The number of hydrogen-bond donors (Lipinski definition) is 0. The fraction of sp³-hybridized carbons (Fsp3) is 0.0526. The second-order valence-electron chi connectivity index (χ2n) is 5.55. The van der Waals surface area contributed by atoms with Crippen LogP contribution >= 0.6 is 0 Å². The number of ether oxygens (including phenoxy) is 1. The molecule has 4 aromatic rings. The monoisotopic (exact) mass is 347 g/mol. The number of carbonyl (C=O) groups excluding carboxylic acids is 1. The van der Waals surface area contributed by atoms with Gasteiger partial charge in [-0.15, -0.1) is 5.10 Å². The Hall–Kier alpha value is -3.74. The Morgan fingerprint density at radius 2 is 1.85 bits per heavy atom. The third-order valence-corrected chi connectivity index (χ3v) is 3.77. The van der Waals surface area contributed by atoms with E-state index in [2.05, 4.69) is 10.3 Å². The van der Waals surface area contributed by atoms with Gasteiger partial charge in [0.2, 0.25) is 0 Å². The van der Waals surface area contributed by atoms with E-state index >= 15 is 0 Å². The normalized spacial score (nSPS) is 10.8. The average Bonchev–Trinajstić information content (AvgIpc) is 3.15. The van der Waals surface area contributed by atoms with Crippen molar-refractivity contribution in [3.8, 4) is 5.69 Å². The first-order chi connectivity index (χ1) is 12.7. The van der Waals surface area contributed by atoms with Crippen molar-refractivity contribution in [2.24, 2.45) is 0 Å². The maximum Gasteiger partial charge on any atom is 0.362 e. The van der Waals surface area contributed by atoms with Crippen LogP contribution < -0.4 is 5.63 Å². The van der Waals surface area contributed by atoms with Crippen molar-refractivity contribution < 1.29 is 13.9 Å². The maximum absolute atomic E-state index is 12.2.